The molecule has 6 nitrogen and oxygen atoms in total. The van der Waals surface area contributed by atoms with Gasteiger partial charge < -0.3 is 9.15 Å². The summed E-state index contributed by atoms with van der Waals surface area (Å²) in [4.78, 5) is 15.2. The first kappa shape index (κ1) is 17.0. The van der Waals surface area contributed by atoms with Crippen LogP contribution in [0, 0.1) is 0 Å². The van der Waals surface area contributed by atoms with Crippen LogP contribution in [0.15, 0.2) is 58.2 Å². The van der Waals surface area contributed by atoms with Crippen molar-refractivity contribution in [3.8, 4) is 0 Å². The first-order chi connectivity index (χ1) is 12.8. The second-order valence-corrected chi connectivity index (χ2v) is 6.59. The Hall–Kier alpha value is -2.44. The van der Waals surface area contributed by atoms with Gasteiger partial charge in [-0.3, -0.25) is 9.69 Å². The van der Waals surface area contributed by atoms with Crippen LogP contribution < -0.4 is 0 Å². The van der Waals surface area contributed by atoms with E-state index in [1.165, 1.54) is 0 Å². The summed E-state index contributed by atoms with van der Waals surface area (Å²) < 4.78 is 10.9. The van der Waals surface area contributed by atoms with E-state index in [1.54, 1.807) is 11.3 Å². The summed E-state index contributed by atoms with van der Waals surface area (Å²) in [6.07, 6.45) is 2.76. The van der Waals surface area contributed by atoms with Gasteiger partial charge in [0, 0.05) is 32.5 Å². The summed E-state index contributed by atoms with van der Waals surface area (Å²) in [5.74, 6) is 0.809. The van der Waals surface area contributed by atoms with Gasteiger partial charge in [0.05, 0.1) is 25.2 Å². The van der Waals surface area contributed by atoms with E-state index in [4.69, 9.17) is 9.15 Å². The van der Waals surface area contributed by atoms with Crippen LogP contribution in [0.1, 0.15) is 30.2 Å². The molecule has 2 aliphatic heterocycles. The molecule has 136 valence electrons. The molecule has 0 spiro atoms. The highest BCUT2D eigenvalue weighted by Crippen LogP contribution is 2.33. The fraction of sp³-hybridized carbons (Fsp3) is 0.400. The number of hydrogen-bond acceptors (Lipinski definition) is 5. The molecule has 2 aliphatic rings. The van der Waals surface area contributed by atoms with E-state index >= 15 is 0 Å². The van der Waals surface area contributed by atoms with Gasteiger partial charge in [0.25, 0.3) is 0 Å². The van der Waals surface area contributed by atoms with E-state index in [9.17, 15) is 4.79 Å². The second kappa shape index (κ2) is 7.85. The summed E-state index contributed by atoms with van der Waals surface area (Å²) in [6, 6.07) is 13.6. The normalized spacial score (nSPS) is 21.0. The van der Waals surface area contributed by atoms with E-state index in [1.807, 2.05) is 42.5 Å². The Morgan fingerprint density at radius 1 is 1.12 bits per heavy atom. The zero-order valence-electron chi connectivity index (χ0n) is 14.7. The maximum atomic E-state index is 12.9. The number of hydrogen-bond donors (Lipinski definition) is 0. The molecule has 0 saturated carbocycles. The Morgan fingerprint density at radius 3 is 2.65 bits per heavy atom. The van der Waals surface area contributed by atoms with Gasteiger partial charge in [-0.05, 0) is 17.7 Å². The zero-order chi connectivity index (χ0) is 17.8. The van der Waals surface area contributed by atoms with Crippen LogP contribution in [0.4, 0.5) is 0 Å². The van der Waals surface area contributed by atoms with E-state index in [0.29, 0.717) is 12.8 Å². The minimum Gasteiger partial charge on any atom is -0.467 e. The SMILES string of the molecule is O=C(CCN1CCOCC1)N1N=C(c2ccccc2)C[C@@H]1c1ccco1. The molecule has 1 saturated heterocycles. The van der Waals surface area contributed by atoms with Gasteiger partial charge in [-0.25, -0.2) is 5.01 Å². The average Bonchev–Trinajstić information content (AvgIpc) is 3.37. The minimum atomic E-state index is -0.169. The molecular formula is C20H23N3O3. The van der Waals surface area contributed by atoms with Crippen LogP contribution >= 0.6 is 0 Å². The molecule has 26 heavy (non-hydrogen) atoms. The van der Waals surface area contributed by atoms with Gasteiger partial charge >= 0.3 is 0 Å². The van der Waals surface area contributed by atoms with Crippen molar-refractivity contribution in [2.75, 3.05) is 32.8 Å². The maximum Gasteiger partial charge on any atom is 0.244 e. The Balaban J connectivity index is 1.49. The van der Waals surface area contributed by atoms with Crippen molar-refractivity contribution in [2.24, 2.45) is 5.10 Å². The first-order valence-corrected chi connectivity index (χ1v) is 9.10. The minimum absolute atomic E-state index is 0.0313. The number of morpholine rings is 1. The lowest BCUT2D eigenvalue weighted by Crippen LogP contribution is -2.39. The molecule has 1 fully saturated rings. The van der Waals surface area contributed by atoms with E-state index < -0.39 is 0 Å². The lowest BCUT2D eigenvalue weighted by atomic mass is 10.0. The summed E-state index contributed by atoms with van der Waals surface area (Å²) in [7, 11) is 0. The van der Waals surface area contributed by atoms with Crippen LogP contribution in [0.25, 0.3) is 0 Å². The van der Waals surface area contributed by atoms with Gasteiger partial charge in [-0.1, -0.05) is 30.3 Å². The smallest absolute Gasteiger partial charge is 0.244 e. The van der Waals surface area contributed by atoms with Crippen molar-refractivity contribution in [3.05, 3.63) is 60.1 Å². The second-order valence-electron chi connectivity index (χ2n) is 6.59. The fourth-order valence-electron chi connectivity index (χ4n) is 3.44. The molecule has 0 bridgehead atoms. The van der Waals surface area contributed by atoms with Crippen molar-refractivity contribution < 1.29 is 13.9 Å². The van der Waals surface area contributed by atoms with Crippen LogP contribution in [-0.4, -0.2) is 54.4 Å². The highest BCUT2D eigenvalue weighted by atomic mass is 16.5. The number of ether oxygens (including phenoxy) is 1. The molecule has 6 heteroatoms. The van der Waals surface area contributed by atoms with Gasteiger partial charge in [0.1, 0.15) is 11.8 Å². The Labute approximate surface area is 153 Å². The van der Waals surface area contributed by atoms with E-state index in [0.717, 1.165) is 49.9 Å². The molecule has 1 aromatic heterocycles. The van der Waals surface area contributed by atoms with Crippen molar-refractivity contribution in [2.45, 2.75) is 18.9 Å². The summed E-state index contributed by atoms with van der Waals surface area (Å²) in [6.45, 7) is 3.98. The number of amides is 1. The molecule has 2 aromatic rings. The predicted octanol–water partition coefficient (Wildman–Crippen LogP) is 2.68. The number of carbonyl (C=O) groups excluding carboxylic acids is 1. The van der Waals surface area contributed by atoms with E-state index in [-0.39, 0.29) is 11.9 Å². The van der Waals surface area contributed by atoms with Crippen LogP contribution in [0.2, 0.25) is 0 Å². The highest BCUT2D eigenvalue weighted by Gasteiger charge is 2.34. The van der Waals surface area contributed by atoms with Crippen LogP contribution in [0.3, 0.4) is 0 Å². The molecular weight excluding hydrogens is 330 g/mol. The van der Waals surface area contributed by atoms with Gasteiger partial charge in [0.2, 0.25) is 5.91 Å². The number of furan rings is 1. The average molecular weight is 353 g/mol. The third-order valence-electron chi connectivity index (χ3n) is 4.89. The van der Waals surface area contributed by atoms with Gasteiger partial charge in [-0.2, -0.15) is 5.10 Å². The molecule has 1 aromatic carbocycles. The first-order valence-electron chi connectivity index (χ1n) is 9.10. The number of carbonyl (C=O) groups is 1. The molecule has 3 heterocycles. The largest absolute Gasteiger partial charge is 0.467 e. The lowest BCUT2D eigenvalue weighted by Gasteiger charge is -2.27. The number of benzene rings is 1. The topological polar surface area (TPSA) is 58.3 Å². The Kier molecular flexibility index (Phi) is 5.13. The monoisotopic (exact) mass is 353 g/mol. The number of nitrogens with zero attached hydrogens (tertiary/aromatic N) is 3. The molecule has 1 atom stereocenters. The summed E-state index contributed by atoms with van der Waals surface area (Å²) >= 11 is 0. The molecule has 1 amide bonds. The summed E-state index contributed by atoms with van der Waals surface area (Å²) in [5.41, 5.74) is 1.97. The van der Waals surface area contributed by atoms with Gasteiger partial charge in [-0.15, -0.1) is 0 Å². The lowest BCUT2D eigenvalue weighted by molar-refractivity contribution is -0.134. The van der Waals surface area contributed by atoms with Crippen molar-refractivity contribution in [1.29, 1.82) is 0 Å². The highest BCUT2D eigenvalue weighted by molar-refractivity contribution is 6.03. The molecule has 0 unspecified atom stereocenters. The third kappa shape index (κ3) is 3.71. The van der Waals surface area contributed by atoms with Crippen LogP contribution in [0.5, 0.6) is 0 Å². The standard InChI is InChI=1S/C20H23N3O3/c24-20(8-9-22-10-13-25-14-11-22)23-18(19-7-4-12-26-19)15-17(21-23)16-5-2-1-3-6-16/h1-7,12,18H,8-11,13-15H2/t18-/m1/s1. The number of rotatable bonds is 5. The summed E-state index contributed by atoms with van der Waals surface area (Å²) in [5, 5.41) is 6.27. The quantitative estimate of drug-likeness (QED) is 0.829. The van der Waals surface area contributed by atoms with Crippen molar-refractivity contribution in [3.63, 3.8) is 0 Å². The fourth-order valence-corrected chi connectivity index (χ4v) is 3.44. The van der Waals surface area contributed by atoms with Gasteiger partial charge in [0.15, 0.2) is 0 Å². The zero-order valence-corrected chi connectivity index (χ0v) is 14.7. The molecule has 0 aliphatic carbocycles. The Bertz CT molecular complexity index is 752. The van der Waals surface area contributed by atoms with Crippen molar-refractivity contribution in [1.82, 2.24) is 9.91 Å². The maximum absolute atomic E-state index is 12.9. The molecule has 0 N–H and O–H groups in total. The number of hydrazone groups is 1. The van der Waals surface area contributed by atoms with Crippen molar-refractivity contribution >= 4 is 11.6 Å². The predicted molar refractivity (Wildman–Crippen MR) is 97.8 cm³/mol. The van der Waals surface area contributed by atoms with Crippen LogP contribution in [-0.2, 0) is 9.53 Å². The molecule has 0 radical (unpaired) electrons. The third-order valence-corrected chi connectivity index (χ3v) is 4.89. The molecule has 4 rings (SSSR count). The Morgan fingerprint density at radius 2 is 1.92 bits per heavy atom. The van der Waals surface area contributed by atoms with E-state index in [2.05, 4.69) is 10.0 Å².